The van der Waals surface area contributed by atoms with Crippen LogP contribution in [-0.4, -0.2) is 32.0 Å². The lowest BCUT2D eigenvalue weighted by atomic mass is 10.1. The molecule has 16 heteroatoms. The molecule has 0 unspecified atom stereocenters. The second kappa shape index (κ2) is 26.0. The summed E-state index contributed by atoms with van der Waals surface area (Å²) in [6, 6.07) is 36.1. The molecule has 0 saturated carbocycles. The number of rotatable bonds is 6. The highest BCUT2D eigenvalue weighted by atomic mass is 35.5. The van der Waals surface area contributed by atoms with Gasteiger partial charge in [0.25, 0.3) is 0 Å². The lowest BCUT2D eigenvalue weighted by Gasteiger charge is -2.07. The van der Waals surface area contributed by atoms with Crippen LogP contribution in [0.1, 0.15) is 60.6 Å². The van der Waals surface area contributed by atoms with Gasteiger partial charge in [0.1, 0.15) is 11.6 Å². The molecule has 0 saturated heterocycles. The number of thiazole rings is 5. The Morgan fingerprint density at radius 3 is 1.09 bits per heavy atom. The van der Waals surface area contributed by atoms with Crippen LogP contribution in [-0.2, 0) is 6.18 Å². The number of halogens is 5. The molecule has 0 bridgehead atoms. The van der Waals surface area contributed by atoms with Gasteiger partial charge in [-0.25, -0.2) is 29.3 Å². The van der Waals surface area contributed by atoms with Crippen molar-refractivity contribution in [2.75, 3.05) is 7.11 Å². The summed E-state index contributed by atoms with van der Waals surface area (Å²) in [5, 5.41) is 5.99. The first-order valence-corrected chi connectivity index (χ1v) is 27.7. The van der Waals surface area contributed by atoms with Crippen molar-refractivity contribution in [1.29, 1.82) is 0 Å². The van der Waals surface area contributed by atoms with E-state index in [9.17, 15) is 17.6 Å². The highest BCUT2D eigenvalue weighted by Gasteiger charge is 2.30. The zero-order valence-corrected chi connectivity index (χ0v) is 48.0. The Hall–Kier alpha value is -5.94. The molecule has 6 nitrogen and oxygen atoms in total. The molecule has 0 N–H and O–H groups in total. The molecule has 10 rings (SSSR count). The quantitative estimate of drug-likeness (QED) is 0.155. The number of methoxy groups -OCH3 is 1. The molecule has 5 heterocycles. The molecular weight excluding hydrogens is 1050 g/mol. The molecule has 0 radical (unpaired) electrons. The number of alkyl halides is 3. The first kappa shape index (κ1) is 57.3. The third-order valence-corrected chi connectivity index (χ3v) is 15.5. The van der Waals surface area contributed by atoms with E-state index in [0.717, 1.165) is 92.3 Å². The minimum absolute atomic E-state index is 0.210. The molecule has 0 aliphatic carbocycles. The predicted octanol–water partition coefficient (Wildman–Crippen LogP) is 19.3. The van der Waals surface area contributed by atoms with E-state index in [1.54, 1.807) is 70.7 Å². The molecule has 0 aliphatic heterocycles. The zero-order chi connectivity index (χ0) is 53.9. The van der Waals surface area contributed by atoms with Gasteiger partial charge in [0.15, 0.2) is 0 Å². The van der Waals surface area contributed by atoms with Crippen LogP contribution >= 0.6 is 68.3 Å². The van der Waals surface area contributed by atoms with E-state index in [-0.39, 0.29) is 5.82 Å². The van der Waals surface area contributed by atoms with Crippen LogP contribution in [0, 0.1) is 82.0 Å². The van der Waals surface area contributed by atoms with Crippen molar-refractivity contribution in [3.63, 3.8) is 0 Å². The Morgan fingerprint density at radius 2 is 0.743 bits per heavy atom. The lowest BCUT2D eigenvalue weighted by molar-refractivity contribution is -0.137. The van der Waals surface area contributed by atoms with Gasteiger partial charge in [-0.15, -0.1) is 56.7 Å². The highest BCUT2D eigenvalue weighted by molar-refractivity contribution is 7.13. The van der Waals surface area contributed by atoms with Crippen molar-refractivity contribution >= 4 is 68.3 Å². The number of aryl methyl sites for hydroxylation is 11. The van der Waals surface area contributed by atoms with Gasteiger partial charge >= 0.3 is 6.18 Å². The largest absolute Gasteiger partial charge is 0.497 e. The van der Waals surface area contributed by atoms with Crippen molar-refractivity contribution in [2.45, 2.75) is 82.3 Å². The van der Waals surface area contributed by atoms with E-state index in [4.69, 9.17) is 16.3 Å². The van der Waals surface area contributed by atoms with Crippen LogP contribution in [0.3, 0.4) is 0 Å². The fraction of sp³-hybridized carbons (Fsp3) is 0.224. The monoisotopic (exact) mass is 1110 g/mol. The highest BCUT2D eigenvalue weighted by Crippen LogP contribution is 2.35. The number of nitrogens with zero attached hydrogens (tertiary/aromatic N) is 5. The van der Waals surface area contributed by atoms with E-state index < -0.39 is 11.7 Å². The van der Waals surface area contributed by atoms with Crippen LogP contribution in [0.4, 0.5) is 17.6 Å². The number of ether oxygens (including phenoxy) is 1. The topological polar surface area (TPSA) is 73.7 Å². The summed E-state index contributed by atoms with van der Waals surface area (Å²) >= 11 is 14.3. The molecule has 0 aliphatic rings. The summed E-state index contributed by atoms with van der Waals surface area (Å²) in [6.07, 6.45) is -4.31. The van der Waals surface area contributed by atoms with Crippen LogP contribution < -0.4 is 4.74 Å². The maximum absolute atomic E-state index is 12.7. The Kier molecular flexibility index (Phi) is 20.2. The minimum atomic E-state index is -4.31. The Balaban J connectivity index is 0.000000151. The van der Waals surface area contributed by atoms with Gasteiger partial charge in [0.2, 0.25) is 0 Å². The Morgan fingerprint density at radius 1 is 0.405 bits per heavy atom. The molecule has 10 aromatic rings. The standard InChI is InChI=1S/C12H10F3NS.C12H13NOS.C12H13NS.C11H10ClNS.C11H10FNS/c1-7-11(16-8(2)17-7)9-4-3-5-10(6-9)12(13,14)15;1-8-12(13-9(2)15-8)10-5-4-6-11(7-10)14-3;1-8-4-6-11(7-5-8)12-9(2)14-10(3)13-12;1-7-11(13-8(2)14-7)9-4-3-5-10(12)6-9;1-7-11(13-8(2)14-7)9-3-5-10(12)6-4-9/h3-6H,1-2H3;4-7H,1-3H3;4-7H,1-3H3;2*3-6H,1-2H3. The summed E-state index contributed by atoms with van der Waals surface area (Å²) in [5.74, 6) is 0.663. The Labute approximate surface area is 456 Å². The van der Waals surface area contributed by atoms with Crippen molar-refractivity contribution < 1.29 is 22.3 Å². The van der Waals surface area contributed by atoms with Gasteiger partial charge in [0.05, 0.1) is 66.2 Å². The minimum Gasteiger partial charge on any atom is -0.497 e. The SMILES string of the molecule is COc1cccc(-c2nc(C)sc2C)c1.Cc1ccc(-c2nc(C)sc2C)cc1.Cc1nc(-c2ccc(F)cc2)c(C)s1.Cc1nc(-c2cccc(C(F)(F)F)c2)c(C)s1.Cc1nc(-c2cccc(Cl)c2)c(C)s1. The summed E-state index contributed by atoms with van der Waals surface area (Å²) in [7, 11) is 1.68. The van der Waals surface area contributed by atoms with Gasteiger partial charge in [-0.3, -0.25) is 0 Å². The van der Waals surface area contributed by atoms with Gasteiger partial charge in [0, 0.05) is 57.2 Å². The van der Waals surface area contributed by atoms with Crippen molar-refractivity contribution in [3.8, 4) is 62.0 Å². The van der Waals surface area contributed by atoms with E-state index in [1.165, 1.54) is 60.2 Å². The van der Waals surface area contributed by atoms with Gasteiger partial charge in [-0.2, -0.15) is 13.2 Å². The smallest absolute Gasteiger partial charge is 0.416 e. The second-order valence-electron chi connectivity index (χ2n) is 16.9. The van der Waals surface area contributed by atoms with E-state index in [0.29, 0.717) is 11.3 Å². The van der Waals surface area contributed by atoms with Gasteiger partial charge < -0.3 is 4.74 Å². The van der Waals surface area contributed by atoms with Crippen molar-refractivity contribution in [1.82, 2.24) is 24.9 Å². The van der Waals surface area contributed by atoms with Crippen LogP contribution in [0.15, 0.2) is 121 Å². The first-order valence-electron chi connectivity index (χ1n) is 23.2. The van der Waals surface area contributed by atoms with E-state index in [2.05, 4.69) is 89.9 Å². The van der Waals surface area contributed by atoms with Crippen molar-refractivity contribution in [2.24, 2.45) is 0 Å². The second-order valence-corrected chi connectivity index (χ2v) is 24.4. The molecule has 0 amide bonds. The summed E-state index contributed by atoms with van der Waals surface area (Å²) < 4.78 is 55.6. The van der Waals surface area contributed by atoms with E-state index in [1.807, 2.05) is 84.0 Å². The molecule has 74 heavy (non-hydrogen) atoms. The first-order chi connectivity index (χ1) is 35.1. The number of aromatic nitrogens is 5. The summed E-state index contributed by atoms with van der Waals surface area (Å²) in [4.78, 5) is 28.1. The summed E-state index contributed by atoms with van der Waals surface area (Å²) in [5.41, 5.74) is 10.4. The number of benzene rings is 5. The van der Waals surface area contributed by atoms with Crippen LogP contribution in [0.2, 0.25) is 5.02 Å². The maximum Gasteiger partial charge on any atom is 0.416 e. The van der Waals surface area contributed by atoms with Crippen LogP contribution in [0.25, 0.3) is 56.3 Å². The molecule has 5 aromatic carbocycles. The molecule has 0 fully saturated rings. The molecular formula is C58H56ClF4N5OS5. The lowest BCUT2D eigenvalue weighted by Crippen LogP contribution is -2.04. The van der Waals surface area contributed by atoms with Gasteiger partial charge in [-0.05, 0) is 137 Å². The molecule has 0 spiro atoms. The molecule has 384 valence electrons. The van der Waals surface area contributed by atoms with Gasteiger partial charge in [-0.1, -0.05) is 77.8 Å². The Bertz CT molecular complexity index is 3340. The fourth-order valence-corrected chi connectivity index (χ4v) is 11.9. The average molecular weight is 1110 g/mol. The average Bonchev–Trinajstić information content (AvgIpc) is 4.17. The third kappa shape index (κ3) is 16.0. The third-order valence-electron chi connectivity index (χ3n) is 10.9. The fourth-order valence-electron chi connectivity index (χ4n) is 7.55. The zero-order valence-electron chi connectivity index (χ0n) is 43.1. The number of hydrogen-bond donors (Lipinski definition) is 0. The maximum atomic E-state index is 12.7. The van der Waals surface area contributed by atoms with E-state index >= 15 is 0 Å². The molecule has 5 aromatic heterocycles. The van der Waals surface area contributed by atoms with Crippen molar-refractivity contribution in [3.05, 3.63) is 193 Å². The normalized spacial score (nSPS) is 10.8. The molecule has 0 atom stereocenters. The van der Waals surface area contributed by atoms with Crippen LogP contribution in [0.5, 0.6) is 5.75 Å². The summed E-state index contributed by atoms with van der Waals surface area (Å²) in [6.45, 7) is 22.2. The number of hydrogen-bond acceptors (Lipinski definition) is 11. The predicted molar refractivity (Wildman–Crippen MR) is 306 cm³/mol.